The molecule has 1 unspecified atom stereocenters. The van der Waals surface area contributed by atoms with Crippen molar-refractivity contribution in [3.63, 3.8) is 0 Å². The molecular weight excluding hydrogens is 227 g/mol. The summed E-state index contributed by atoms with van der Waals surface area (Å²) in [7, 11) is -3.84. The Morgan fingerprint density at radius 2 is 1.93 bits per heavy atom. The second-order valence-electron chi connectivity index (χ2n) is 2.12. The quantitative estimate of drug-likeness (QED) is 0.290. The summed E-state index contributed by atoms with van der Waals surface area (Å²) in [5.41, 5.74) is 0. The van der Waals surface area contributed by atoms with E-state index in [1.165, 1.54) is 0 Å². The largest absolute Gasteiger partial charge is 1.00 e. The Kier molecular flexibility index (Phi) is 7.39. The maximum atomic E-state index is 10.7. The van der Waals surface area contributed by atoms with Crippen LogP contribution in [0.15, 0.2) is 0 Å². The Bertz CT molecular complexity index is 313. The number of hydrogen-bond donors (Lipinski definition) is 2. The van der Waals surface area contributed by atoms with E-state index >= 15 is 0 Å². The van der Waals surface area contributed by atoms with Crippen LogP contribution in [0.5, 0.6) is 0 Å². The molecule has 2 N–H and O–H groups in total. The maximum absolute atomic E-state index is 10.7. The Labute approximate surface area is 104 Å². The average molecular weight is 236 g/mol. The number of hydrogen-bond acceptors (Lipinski definition) is 5. The van der Waals surface area contributed by atoms with Gasteiger partial charge in [0.25, 0.3) is 10.1 Å². The van der Waals surface area contributed by atoms with Crippen LogP contribution in [-0.4, -0.2) is 42.4 Å². The molecule has 0 rings (SSSR count). The Hall–Kier alpha value is -0.150. The van der Waals surface area contributed by atoms with Gasteiger partial charge in [-0.25, -0.2) is 0 Å². The summed E-state index contributed by atoms with van der Waals surface area (Å²) in [5, 5.41) is 6.15. The molecule has 0 amide bonds. The molecule has 0 bridgehead atoms. The zero-order valence-corrected chi connectivity index (χ0v) is 10.4. The van der Waals surface area contributed by atoms with Crippen molar-refractivity contribution >= 4 is 22.1 Å². The van der Waals surface area contributed by atoms with Gasteiger partial charge in [-0.3, -0.25) is 14.1 Å². The number of carboxylic acid groups (broad SMARTS) is 1. The first-order valence-corrected chi connectivity index (χ1v) is 4.55. The SMILES string of the molecule is COC(=O)C(CC(=O)O)S(=O)(=O)O.[H-].[Na+]. The van der Waals surface area contributed by atoms with Crippen LogP contribution in [-0.2, 0) is 24.4 Å². The number of rotatable bonds is 4. The number of carbonyl (C=O) groups excluding carboxylic acids is 1. The van der Waals surface area contributed by atoms with Gasteiger partial charge in [0.15, 0.2) is 5.25 Å². The van der Waals surface area contributed by atoms with E-state index in [1.807, 2.05) is 0 Å². The molecule has 0 aromatic heterocycles. The van der Waals surface area contributed by atoms with Gasteiger partial charge in [0.2, 0.25) is 0 Å². The van der Waals surface area contributed by atoms with Crippen molar-refractivity contribution in [1.82, 2.24) is 0 Å². The minimum atomic E-state index is -4.73. The average Bonchev–Trinajstić information content (AvgIpc) is 1.96. The standard InChI is InChI=1S/C5H8O7S.Na.H/c1-12-5(8)3(2-4(6)7)13(9,10)11;;/h3H,2H2,1H3,(H,6,7)(H,9,10,11);;/q;+1;-1. The van der Waals surface area contributed by atoms with Crippen molar-refractivity contribution in [2.24, 2.45) is 0 Å². The van der Waals surface area contributed by atoms with Gasteiger partial charge >= 0.3 is 41.5 Å². The van der Waals surface area contributed by atoms with Crippen LogP contribution in [0.25, 0.3) is 0 Å². The summed E-state index contributed by atoms with van der Waals surface area (Å²) in [6, 6.07) is 0. The number of carboxylic acids is 1. The third-order valence-corrected chi connectivity index (χ3v) is 2.26. The predicted molar refractivity (Wildman–Crippen MR) is 40.7 cm³/mol. The topological polar surface area (TPSA) is 118 Å². The van der Waals surface area contributed by atoms with Crippen molar-refractivity contribution in [1.29, 1.82) is 0 Å². The zero-order valence-electron chi connectivity index (χ0n) is 8.63. The molecule has 0 aliphatic rings. The van der Waals surface area contributed by atoms with Crippen LogP contribution in [0.2, 0.25) is 0 Å². The molecule has 0 fully saturated rings. The predicted octanol–water partition coefficient (Wildman–Crippen LogP) is -3.99. The van der Waals surface area contributed by atoms with Crippen LogP contribution >= 0.6 is 0 Å². The molecule has 0 aromatic rings. The minimum Gasteiger partial charge on any atom is -1.00 e. The van der Waals surface area contributed by atoms with Crippen molar-refractivity contribution in [2.75, 3.05) is 7.11 Å². The smallest absolute Gasteiger partial charge is 1.00 e. The van der Waals surface area contributed by atoms with E-state index in [9.17, 15) is 18.0 Å². The first kappa shape index (κ1) is 16.3. The summed E-state index contributed by atoms with van der Waals surface area (Å²) in [5.74, 6) is -2.82. The second-order valence-corrected chi connectivity index (χ2v) is 3.72. The van der Waals surface area contributed by atoms with E-state index < -0.39 is 33.7 Å². The van der Waals surface area contributed by atoms with Crippen molar-refractivity contribution in [3.8, 4) is 0 Å². The zero-order chi connectivity index (χ0) is 10.6. The molecule has 78 valence electrons. The fourth-order valence-corrected chi connectivity index (χ4v) is 1.29. The molecule has 0 saturated heterocycles. The van der Waals surface area contributed by atoms with Gasteiger partial charge in [-0.15, -0.1) is 0 Å². The number of ether oxygens (including phenoxy) is 1. The third-order valence-electron chi connectivity index (χ3n) is 1.18. The molecule has 0 aliphatic heterocycles. The summed E-state index contributed by atoms with van der Waals surface area (Å²) in [4.78, 5) is 20.8. The monoisotopic (exact) mass is 236 g/mol. The van der Waals surface area contributed by atoms with Gasteiger partial charge in [0, 0.05) is 0 Å². The molecule has 0 aliphatic carbocycles. The minimum absolute atomic E-state index is 0. The molecule has 7 nitrogen and oxygen atoms in total. The second kappa shape index (κ2) is 6.36. The summed E-state index contributed by atoms with van der Waals surface area (Å²) in [6.45, 7) is 0. The number of methoxy groups -OCH3 is 1. The van der Waals surface area contributed by atoms with Crippen molar-refractivity contribution in [3.05, 3.63) is 0 Å². The first-order chi connectivity index (χ1) is 5.79. The van der Waals surface area contributed by atoms with Crippen LogP contribution in [0.1, 0.15) is 7.85 Å². The number of aliphatic carboxylic acids is 1. The van der Waals surface area contributed by atoms with Crippen LogP contribution in [0.3, 0.4) is 0 Å². The molecule has 14 heavy (non-hydrogen) atoms. The van der Waals surface area contributed by atoms with Crippen molar-refractivity contribution in [2.45, 2.75) is 11.7 Å². The summed E-state index contributed by atoms with van der Waals surface area (Å²) in [6.07, 6.45) is -1.02. The summed E-state index contributed by atoms with van der Waals surface area (Å²) < 4.78 is 33.4. The number of carbonyl (C=O) groups is 2. The molecule has 1 atom stereocenters. The van der Waals surface area contributed by atoms with E-state index in [1.54, 1.807) is 0 Å². The Morgan fingerprint density at radius 3 is 2.14 bits per heavy atom. The molecule has 0 aromatic carbocycles. The normalized spacial score (nSPS) is 12.4. The fraction of sp³-hybridized carbons (Fsp3) is 0.600. The third kappa shape index (κ3) is 5.55. The van der Waals surface area contributed by atoms with E-state index in [2.05, 4.69) is 4.74 Å². The van der Waals surface area contributed by atoms with E-state index in [0.717, 1.165) is 7.11 Å². The van der Waals surface area contributed by atoms with Gasteiger partial charge in [-0.1, -0.05) is 0 Å². The Morgan fingerprint density at radius 1 is 1.50 bits per heavy atom. The number of esters is 1. The van der Waals surface area contributed by atoms with E-state index in [-0.39, 0.29) is 31.0 Å². The molecule has 0 radical (unpaired) electrons. The van der Waals surface area contributed by atoms with Gasteiger partial charge in [0.05, 0.1) is 13.5 Å². The van der Waals surface area contributed by atoms with Crippen LogP contribution in [0.4, 0.5) is 0 Å². The van der Waals surface area contributed by atoms with Crippen molar-refractivity contribution < 1.29 is 63.4 Å². The molecule has 0 heterocycles. The molecule has 0 spiro atoms. The fourth-order valence-electron chi connectivity index (χ4n) is 0.600. The Balaban J connectivity index is -0.000000720. The van der Waals surface area contributed by atoms with Gasteiger partial charge in [0.1, 0.15) is 0 Å². The van der Waals surface area contributed by atoms with Gasteiger partial charge in [-0.2, -0.15) is 8.42 Å². The van der Waals surface area contributed by atoms with Crippen LogP contribution in [0, 0.1) is 0 Å². The van der Waals surface area contributed by atoms with E-state index in [0.29, 0.717) is 0 Å². The molecule has 0 saturated carbocycles. The van der Waals surface area contributed by atoms with Gasteiger partial charge < -0.3 is 11.3 Å². The van der Waals surface area contributed by atoms with Crippen LogP contribution < -0.4 is 29.6 Å². The molecule has 9 heteroatoms. The first-order valence-electron chi connectivity index (χ1n) is 3.05. The molecular formula is C5H9NaO7S. The summed E-state index contributed by atoms with van der Waals surface area (Å²) >= 11 is 0. The van der Waals surface area contributed by atoms with E-state index in [4.69, 9.17) is 9.66 Å². The van der Waals surface area contributed by atoms with Gasteiger partial charge in [-0.05, 0) is 0 Å². The maximum Gasteiger partial charge on any atom is 1.00 e.